The van der Waals surface area contributed by atoms with E-state index in [-0.39, 0.29) is 12.4 Å². The Bertz CT molecular complexity index is 722. The molecule has 6 heteroatoms. The van der Waals surface area contributed by atoms with Crippen LogP contribution in [0.2, 0.25) is 5.02 Å². The maximum Gasteiger partial charge on any atom is 0.222 e. The summed E-state index contributed by atoms with van der Waals surface area (Å²) < 4.78 is 5.98. The van der Waals surface area contributed by atoms with E-state index < -0.39 is 0 Å². The molecule has 1 aliphatic heterocycles. The van der Waals surface area contributed by atoms with Gasteiger partial charge in [0.25, 0.3) is 0 Å². The molecule has 27 heavy (non-hydrogen) atoms. The summed E-state index contributed by atoms with van der Waals surface area (Å²) in [7, 11) is 0. The largest absolute Gasteiger partial charge is 0.489 e. The zero-order valence-corrected chi connectivity index (χ0v) is 16.9. The summed E-state index contributed by atoms with van der Waals surface area (Å²) in [6.45, 7) is 3.92. The van der Waals surface area contributed by atoms with E-state index in [0.29, 0.717) is 18.9 Å². The minimum atomic E-state index is 0. The third-order valence-corrected chi connectivity index (χ3v) is 4.80. The highest BCUT2D eigenvalue weighted by molar-refractivity contribution is 6.30. The van der Waals surface area contributed by atoms with Gasteiger partial charge in [0.15, 0.2) is 0 Å². The van der Waals surface area contributed by atoms with Crippen LogP contribution in [0.25, 0.3) is 0 Å². The number of carbonyl (C=O) groups is 1. The summed E-state index contributed by atoms with van der Waals surface area (Å²) in [5.41, 5.74) is 2.23. The van der Waals surface area contributed by atoms with E-state index in [1.54, 1.807) is 0 Å². The number of benzene rings is 2. The first-order valence-corrected chi connectivity index (χ1v) is 9.54. The minimum absolute atomic E-state index is 0. The molecule has 2 aromatic carbocycles. The molecule has 1 aliphatic rings. The van der Waals surface area contributed by atoms with Crippen LogP contribution in [0.5, 0.6) is 5.75 Å². The average Bonchev–Trinajstić information content (AvgIpc) is 3.07. The number of nitrogens with one attached hydrogen (secondary N) is 1. The number of para-hydroxylation sites is 1. The van der Waals surface area contributed by atoms with Gasteiger partial charge in [0.05, 0.1) is 0 Å². The van der Waals surface area contributed by atoms with Gasteiger partial charge in [-0.05, 0) is 43.1 Å². The summed E-state index contributed by atoms with van der Waals surface area (Å²) in [6, 6.07) is 15.8. The number of likely N-dealkylation sites (tertiary alicyclic amines) is 1. The van der Waals surface area contributed by atoms with Gasteiger partial charge in [-0.1, -0.05) is 41.9 Å². The zero-order valence-electron chi connectivity index (χ0n) is 15.3. The van der Waals surface area contributed by atoms with Gasteiger partial charge >= 0.3 is 0 Å². The van der Waals surface area contributed by atoms with Crippen molar-refractivity contribution in [2.75, 3.05) is 19.6 Å². The van der Waals surface area contributed by atoms with Gasteiger partial charge in [0, 0.05) is 36.6 Å². The Morgan fingerprint density at radius 3 is 2.63 bits per heavy atom. The van der Waals surface area contributed by atoms with Crippen molar-refractivity contribution in [2.24, 2.45) is 0 Å². The van der Waals surface area contributed by atoms with Crippen LogP contribution in [0.3, 0.4) is 0 Å². The lowest BCUT2D eigenvalue weighted by Gasteiger charge is -2.16. The SMILES string of the molecule is Cl.O=C1CCCN1CCCNCc1ccccc1OCc1ccc(Cl)cc1. The quantitative estimate of drug-likeness (QED) is 0.623. The van der Waals surface area contributed by atoms with Crippen molar-refractivity contribution in [3.63, 3.8) is 0 Å². The molecule has 3 rings (SSSR count). The Labute approximate surface area is 172 Å². The van der Waals surface area contributed by atoms with Crippen LogP contribution in [0.4, 0.5) is 0 Å². The van der Waals surface area contributed by atoms with E-state index in [9.17, 15) is 4.79 Å². The van der Waals surface area contributed by atoms with E-state index in [1.165, 1.54) is 0 Å². The first-order chi connectivity index (χ1) is 12.7. The Morgan fingerprint density at radius 2 is 1.89 bits per heavy atom. The van der Waals surface area contributed by atoms with E-state index in [2.05, 4.69) is 11.4 Å². The molecule has 1 N–H and O–H groups in total. The molecule has 0 unspecified atom stereocenters. The highest BCUT2D eigenvalue weighted by Gasteiger charge is 2.18. The molecule has 0 bridgehead atoms. The van der Waals surface area contributed by atoms with Crippen LogP contribution < -0.4 is 10.1 Å². The second kappa shape index (κ2) is 11.2. The number of carbonyl (C=O) groups excluding carboxylic acids is 1. The molecule has 1 heterocycles. The van der Waals surface area contributed by atoms with E-state index >= 15 is 0 Å². The second-order valence-corrected chi connectivity index (χ2v) is 6.97. The number of nitrogens with zero attached hydrogens (tertiary/aromatic N) is 1. The molecular weight excluding hydrogens is 383 g/mol. The summed E-state index contributed by atoms with van der Waals surface area (Å²) in [6.07, 6.45) is 2.69. The molecule has 4 nitrogen and oxygen atoms in total. The Hall–Kier alpha value is -1.75. The van der Waals surface area contributed by atoms with E-state index in [4.69, 9.17) is 16.3 Å². The molecule has 1 saturated heterocycles. The van der Waals surface area contributed by atoms with Crippen molar-refractivity contribution < 1.29 is 9.53 Å². The van der Waals surface area contributed by atoms with Crippen LogP contribution in [0, 0.1) is 0 Å². The summed E-state index contributed by atoms with van der Waals surface area (Å²) in [5, 5.41) is 4.18. The predicted octanol–water partition coefficient (Wildman–Crippen LogP) is 4.44. The zero-order chi connectivity index (χ0) is 18.2. The molecule has 0 saturated carbocycles. The van der Waals surface area contributed by atoms with Gasteiger partial charge in [-0.25, -0.2) is 0 Å². The maximum absolute atomic E-state index is 11.6. The maximum atomic E-state index is 11.6. The molecule has 0 aliphatic carbocycles. The molecular formula is C21H26Cl2N2O2. The smallest absolute Gasteiger partial charge is 0.222 e. The lowest BCUT2D eigenvalue weighted by molar-refractivity contribution is -0.127. The molecule has 0 radical (unpaired) electrons. The number of ether oxygens (including phenoxy) is 1. The molecule has 146 valence electrons. The van der Waals surface area contributed by atoms with Crippen molar-refractivity contribution in [1.29, 1.82) is 0 Å². The third kappa shape index (κ3) is 6.73. The number of amides is 1. The van der Waals surface area contributed by atoms with Crippen molar-refractivity contribution in [3.05, 3.63) is 64.7 Å². The highest BCUT2D eigenvalue weighted by Crippen LogP contribution is 2.20. The van der Waals surface area contributed by atoms with Crippen LogP contribution in [-0.2, 0) is 17.9 Å². The fourth-order valence-corrected chi connectivity index (χ4v) is 3.22. The monoisotopic (exact) mass is 408 g/mol. The van der Waals surface area contributed by atoms with E-state index in [1.807, 2.05) is 47.4 Å². The predicted molar refractivity (Wildman–Crippen MR) is 112 cm³/mol. The lowest BCUT2D eigenvalue weighted by atomic mass is 10.2. The molecule has 1 fully saturated rings. The fraction of sp³-hybridized carbons (Fsp3) is 0.381. The molecule has 0 spiro atoms. The van der Waals surface area contributed by atoms with Crippen LogP contribution in [0.1, 0.15) is 30.4 Å². The Morgan fingerprint density at radius 1 is 1.11 bits per heavy atom. The summed E-state index contributed by atoms with van der Waals surface area (Å²) >= 11 is 5.92. The van der Waals surface area contributed by atoms with Gasteiger partial charge < -0.3 is 15.0 Å². The Balaban J connectivity index is 0.00000261. The Kier molecular flexibility index (Phi) is 8.92. The van der Waals surface area contributed by atoms with Gasteiger partial charge in [-0.2, -0.15) is 0 Å². The van der Waals surface area contributed by atoms with Gasteiger partial charge in [-0.3, -0.25) is 4.79 Å². The first-order valence-electron chi connectivity index (χ1n) is 9.16. The first kappa shape index (κ1) is 21.5. The molecule has 0 aromatic heterocycles. The lowest BCUT2D eigenvalue weighted by Crippen LogP contribution is -2.28. The molecule has 1 amide bonds. The van der Waals surface area contributed by atoms with E-state index in [0.717, 1.165) is 60.9 Å². The summed E-state index contributed by atoms with van der Waals surface area (Å²) in [5.74, 6) is 1.19. The van der Waals surface area contributed by atoms with Crippen molar-refractivity contribution in [2.45, 2.75) is 32.4 Å². The summed E-state index contributed by atoms with van der Waals surface area (Å²) in [4.78, 5) is 13.6. The fourth-order valence-electron chi connectivity index (χ4n) is 3.09. The average molecular weight is 409 g/mol. The van der Waals surface area contributed by atoms with Gasteiger partial charge in [0.1, 0.15) is 12.4 Å². The van der Waals surface area contributed by atoms with Crippen LogP contribution >= 0.6 is 24.0 Å². The van der Waals surface area contributed by atoms with Crippen molar-refractivity contribution in [1.82, 2.24) is 10.2 Å². The molecule has 0 atom stereocenters. The van der Waals surface area contributed by atoms with Crippen LogP contribution in [0.15, 0.2) is 48.5 Å². The number of hydrogen-bond acceptors (Lipinski definition) is 3. The topological polar surface area (TPSA) is 41.6 Å². The minimum Gasteiger partial charge on any atom is -0.489 e. The number of hydrogen-bond donors (Lipinski definition) is 1. The molecule has 2 aromatic rings. The second-order valence-electron chi connectivity index (χ2n) is 6.54. The van der Waals surface area contributed by atoms with Crippen molar-refractivity contribution >= 4 is 29.9 Å². The normalized spacial score (nSPS) is 13.5. The standard InChI is InChI=1S/C21H25ClN2O2.ClH/c22-19-10-8-17(9-11-19)16-26-20-6-2-1-5-18(20)15-23-12-4-14-24-13-3-7-21(24)25;/h1-2,5-6,8-11,23H,3-4,7,12-16H2;1H. The number of halogens is 2. The highest BCUT2D eigenvalue weighted by atomic mass is 35.5. The van der Waals surface area contributed by atoms with Gasteiger partial charge in [-0.15, -0.1) is 12.4 Å². The van der Waals surface area contributed by atoms with Crippen LogP contribution in [-0.4, -0.2) is 30.4 Å². The number of rotatable bonds is 9. The third-order valence-electron chi connectivity index (χ3n) is 4.55. The van der Waals surface area contributed by atoms with Gasteiger partial charge in [0.2, 0.25) is 5.91 Å². The van der Waals surface area contributed by atoms with Crippen molar-refractivity contribution in [3.8, 4) is 5.75 Å².